The first-order valence-corrected chi connectivity index (χ1v) is 8.46. The van der Waals surface area contributed by atoms with Gasteiger partial charge in [-0.05, 0) is 37.8 Å². The van der Waals surface area contributed by atoms with E-state index in [9.17, 15) is 13.2 Å². The standard InChI is InChI=1S/C13H22N4O3S/c1-16-9-11(8-12(16)13(15)18)21(19,20)17-6-3-10(2-5-14)4-7-17/h8-10H,2-7,14H2,1H3,(H2,15,18). The largest absolute Gasteiger partial charge is 0.364 e. The molecule has 1 aliphatic heterocycles. The molecule has 1 aliphatic rings. The fourth-order valence-electron chi connectivity index (χ4n) is 2.74. The first-order chi connectivity index (χ1) is 9.86. The second-order valence-corrected chi connectivity index (χ2v) is 7.40. The van der Waals surface area contributed by atoms with E-state index in [4.69, 9.17) is 11.5 Å². The number of hydrogen-bond acceptors (Lipinski definition) is 4. The Morgan fingerprint density at radius 3 is 2.48 bits per heavy atom. The van der Waals surface area contributed by atoms with Crippen molar-refractivity contribution in [2.75, 3.05) is 19.6 Å². The van der Waals surface area contributed by atoms with Gasteiger partial charge in [0, 0.05) is 26.3 Å². The van der Waals surface area contributed by atoms with Crippen molar-refractivity contribution < 1.29 is 13.2 Å². The SMILES string of the molecule is Cn1cc(S(=O)(=O)N2CCC(CCN)CC2)cc1C(N)=O. The third-order valence-electron chi connectivity index (χ3n) is 4.02. The number of aryl methyl sites for hydroxylation is 1. The highest BCUT2D eigenvalue weighted by Crippen LogP contribution is 2.26. The lowest BCUT2D eigenvalue weighted by molar-refractivity contribution is 0.0992. The maximum absolute atomic E-state index is 12.6. The minimum Gasteiger partial charge on any atom is -0.364 e. The Labute approximate surface area is 124 Å². The Morgan fingerprint density at radius 2 is 2.00 bits per heavy atom. The number of primary amides is 1. The van der Waals surface area contributed by atoms with E-state index in [1.165, 1.54) is 21.1 Å². The topological polar surface area (TPSA) is 111 Å². The summed E-state index contributed by atoms with van der Waals surface area (Å²) in [5.74, 6) is -0.140. The third kappa shape index (κ3) is 3.28. The maximum atomic E-state index is 12.6. The maximum Gasteiger partial charge on any atom is 0.265 e. The van der Waals surface area contributed by atoms with E-state index in [1.54, 1.807) is 7.05 Å². The van der Waals surface area contributed by atoms with Crippen LogP contribution in [-0.2, 0) is 17.1 Å². The molecular formula is C13H22N4O3S. The third-order valence-corrected chi connectivity index (χ3v) is 5.88. The molecule has 0 spiro atoms. The Kier molecular flexibility index (Phi) is 4.70. The van der Waals surface area contributed by atoms with Crippen LogP contribution >= 0.6 is 0 Å². The quantitative estimate of drug-likeness (QED) is 0.788. The van der Waals surface area contributed by atoms with Crippen LogP contribution in [0.4, 0.5) is 0 Å². The zero-order valence-electron chi connectivity index (χ0n) is 12.2. The van der Waals surface area contributed by atoms with Crippen molar-refractivity contribution in [1.29, 1.82) is 0 Å². The predicted octanol–water partition coefficient (Wildman–Crippen LogP) is -0.126. The van der Waals surface area contributed by atoms with Gasteiger partial charge in [-0.2, -0.15) is 4.31 Å². The van der Waals surface area contributed by atoms with Crippen LogP contribution in [0.2, 0.25) is 0 Å². The van der Waals surface area contributed by atoms with Gasteiger partial charge in [-0.25, -0.2) is 8.42 Å². The van der Waals surface area contributed by atoms with Gasteiger partial charge < -0.3 is 16.0 Å². The van der Waals surface area contributed by atoms with Crippen molar-refractivity contribution in [3.05, 3.63) is 18.0 Å². The van der Waals surface area contributed by atoms with Crippen LogP contribution < -0.4 is 11.5 Å². The summed E-state index contributed by atoms with van der Waals surface area (Å²) in [5.41, 5.74) is 10.9. The number of hydrogen-bond donors (Lipinski definition) is 2. The van der Waals surface area contributed by atoms with Crippen LogP contribution in [0.15, 0.2) is 17.2 Å². The molecule has 0 radical (unpaired) electrons. The molecule has 1 fully saturated rings. The molecule has 0 atom stereocenters. The Morgan fingerprint density at radius 1 is 1.38 bits per heavy atom. The molecular weight excluding hydrogens is 292 g/mol. The number of amides is 1. The van der Waals surface area contributed by atoms with Crippen molar-refractivity contribution in [2.45, 2.75) is 24.2 Å². The summed E-state index contributed by atoms with van der Waals surface area (Å²) in [7, 11) is -1.96. The van der Waals surface area contributed by atoms with Gasteiger partial charge in [0.2, 0.25) is 10.0 Å². The van der Waals surface area contributed by atoms with Gasteiger partial charge in [-0.3, -0.25) is 4.79 Å². The second kappa shape index (κ2) is 6.17. The van der Waals surface area contributed by atoms with Crippen molar-refractivity contribution in [3.63, 3.8) is 0 Å². The summed E-state index contributed by atoms with van der Waals surface area (Å²) in [6.07, 6.45) is 4.02. The van der Waals surface area contributed by atoms with Crippen LogP contribution in [0.5, 0.6) is 0 Å². The average molecular weight is 314 g/mol. The zero-order valence-corrected chi connectivity index (χ0v) is 13.0. The first kappa shape index (κ1) is 16.0. The second-order valence-electron chi connectivity index (χ2n) is 5.46. The number of carbonyl (C=O) groups excluding carboxylic acids is 1. The monoisotopic (exact) mass is 314 g/mol. The summed E-state index contributed by atoms with van der Waals surface area (Å²) < 4.78 is 28.1. The molecule has 0 saturated carbocycles. The van der Waals surface area contributed by atoms with Gasteiger partial charge in [-0.15, -0.1) is 0 Å². The molecule has 0 bridgehead atoms. The minimum absolute atomic E-state index is 0.121. The molecule has 1 amide bonds. The number of rotatable bonds is 5. The fourth-order valence-corrected chi connectivity index (χ4v) is 4.28. The lowest BCUT2D eigenvalue weighted by atomic mass is 9.95. The van der Waals surface area contributed by atoms with E-state index in [0.29, 0.717) is 25.6 Å². The predicted molar refractivity (Wildman–Crippen MR) is 79.1 cm³/mol. The summed E-state index contributed by atoms with van der Waals surface area (Å²) in [6, 6.07) is 1.34. The molecule has 2 heterocycles. The molecule has 1 aromatic heterocycles. The Balaban J connectivity index is 2.16. The first-order valence-electron chi connectivity index (χ1n) is 7.02. The normalized spacial score (nSPS) is 18.0. The van der Waals surface area contributed by atoms with E-state index in [0.717, 1.165) is 19.3 Å². The van der Waals surface area contributed by atoms with E-state index in [2.05, 4.69) is 0 Å². The molecule has 1 saturated heterocycles. The molecule has 21 heavy (non-hydrogen) atoms. The van der Waals surface area contributed by atoms with Crippen LogP contribution in [0.3, 0.4) is 0 Å². The number of aromatic nitrogens is 1. The molecule has 4 N–H and O–H groups in total. The fraction of sp³-hybridized carbons (Fsp3) is 0.615. The van der Waals surface area contributed by atoms with Crippen molar-refractivity contribution in [2.24, 2.45) is 24.4 Å². The molecule has 0 aliphatic carbocycles. The highest BCUT2D eigenvalue weighted by molar-refractivity contribution is 7.89. The molecule has 8 heteroatoms. The van der Waals surface area contributed by atoms with Gasteiger partial charge in [0.15, 0.2) is 0 Å². The number of piperidine rings is 1. The van der Waals surface area contributed by atoms with Crippen LogP contribution in [0, 0.1) is 5.92 Å². The molecule has 0 aromatic carbocycles. The van der Waals surface area contributed by atoms with Gasteiger partial charge in [0.05, 0.1) is 0 Å². The Bertz CT molecular complexity index is 615. The number of carbonyl (C=O) groups is 1. The summed E-state index contributed by atoms with van der Waals surface area (Å²) in [5, 5.41) is 0. The molecule has 0 unspecified atom stereocenters. The number of sulfonamides is 1. The molecule has 118 valence electrons. The van der Waals surface area contributed by atoms with Gasteiger partial charge >= 0.3 is 0 Å². The molecule has 1 aromatic rings. The summed E-state index contributed by atoms with van der Waals surface area (Å²) in [4.78, 5) is 11.4. The number of nitrogens with zero attached hydrogens (tertiary/aromatic N) is 2. The van der Waals surface area contributed by atoms with Crippen LogP contribution in [0.1, 0.15) is 29.8 Å². The van der Waals surface area contributed by atoms with E-state index in [-0.39, 0.29) is 10.6 Å². The van der Waals surface area contributed by atoms with Gasteiger partial charge in [0.25, 0.3) is 5.91 Å². The highest BCUT2D eigenvalue weighted by atomic mass is 32.2. The van der Waals surface area contributed by atoms with E-state index in [1.807, 2.05) is 0 Å². The lowest BCUT2D eigenvalue weighted by Gasteiger charge is -2.30. The van der Waals surface area contributed by atoms with E-state index < -0.39 is 15.9 Å². The zero-order chi connectivity index (χ0) is 15.6. The molecule has 2 rings (SSSR count). The van der Waals surface area contributed by atoms with Crippen LogP contribution in [-0.4, -0.2) is 42.8 Å². The number of nitrogens with two attached hydrogens (primary N) is 2. The average Bonchev–Trinajstić information content (AvgIpc) is 2.83. The van der Waals surface area contributed by atoms with Crippen LogP contribution in [0.25, 0.3) is 0 Å². The molecule has 7 nitrogen and oxygen atoms in total. The smallest absolute Gasteiger partial charge is 0.265 e. The van der Waals surface area contributed by atoms with Crippen molar-refractivity contribution in [1.82, 2.24) is 8.87 Å². The summed E-state index contributed by atoms with van der Waals surface area (Å²) >= 11 is 0. The van der Waals surface area contributed by atoms with E-state index >= 15 is 0 Å². The Hall–Kier alpha value is -1.38. The van der Waals surface area contributed by atoms with Gasteiger partial charge in [-0.1, -0.05) is 0 Å². The van der Waals surface area contributed by atoms with Crippen molar-refractivity contribution in [3.8, 4) is 0 Å². The summed E-state index contributed by atoms with van der Waals surface area (Å²) in [6.45, 7) is 1.62. The lowest BCUT2D eigenvalue weighted by Crippen LogP contribution is -2.38. The highest BCUT2D eigenvalue weighted by Gasteiger charge is 2.30. The van der Waals surface area contributed by atoms with Gasteiger partial charge in [0.1, 0.15) is 10.6 Å². The minimum atomic E-state index is -3.56. The van der Waals surface area contributed by atoms with Crippen molar-refractivity contribution >= 4 is 15.9 Å².